The number of nitrogens with one attached hydrogen (secondary N) is 1. The average molecular weight is 538 g/mol. The molecule has 202 valence electrons. The molecule has 0 saturated carbocycles. The van der Waals surface area contributed by atoms with E-state index in [4.69, 9.17) is 9.72 Å². The predicted molar refractivity (Wildman–Crippen MR) is 139 cm³/mol. The number of nitrogens with zero attached hydrogens (tertiary/aromatic N) is 6. The number of ether oxygens (including phenoxy) is 1. The fourth-order valence-corrected chi connectivity index (χ4v) is 5.04. The molecule has 0 bridgehead atoms. The van der Waals surface area contributed by atoms with Gasteiger partial charge in [0.15, 0.2) is 5.82 Å². The quantitative estimate of drug-likeness (QED) is 0.397. The fourth-order valence-electron chi connectivity index (χ4n) is 5.04. The summed E-state index contributed by atoms with van der Waals surface area (Å²) < 4.78 is 48.6. The molecule has 4 heterocycles. The minimum atomic E-state index is -2.81. The molecule has 0 unspecified atom stereocenters. The zero-order valence-corrected chi connectivity index (χ0v) is 20.9. The number of hydrogen-bond donors (Lipinski definition) is 1. The molecule has 2 fully saturated rings. The van der Waals surface area contributed by atoms with Crippen molar-refractivity contribution in [3.05, 3.63) is 71.8 Å². The van der Waals surface area contributed by atoms with E-state index in [9.17, 15) is 18.0 Å². The van der Waals surface area contributed by atoms with E-state index in [1.807, 2.05) is 4.90 Å². The van der Waals surface area contributed by atoms with E-state index in [2.05, 4.69) is 15.3 Å². The number of imidazole rings is 1. The van der Waals surface area contributed by atoms with Crippen LogP contribution in [-0.4, -0.2) is 75.8 Å². The highest BCUT2D eigenvalue weighted by atomic mass is 19.3. The number of halogens is 3. The standard InChI is InChI=1S/C27H26F3N7O2/c28-18-5-3-4-17(14-18)26(38)36-9-8-19(16-36)31-27-33-22(35-10-12-39-13-11-35)15-23(34-27)37-21-7-2-1-6-20(21)32-25(37)24(29)30/h1-7,14-15,19,24H,8-13,16H2,(H,31,33,34)/t19-/m0/s1. The van der Waals surface area contributed by atoms with E-state index in [1.54, 1.807) is 41.3 Å². The lowest BCUT2D eigenvalue weighted by molar-refractivity contribution is 0.0791. The second-order valence-electron chi connectivity index (χ2n) is 9.49. The molecule has 9 nitrogen and oxygen atoms in total. The van der Waals surface area contributed by atoms with Gasteiger partial charge in [-0.15, -0.1) is 0 Å². The maximum atomic E-state index is 14.1. The molecule has 0 spiro atoms. The highest BCUT2D eigenvalue weighted by molar-refractivity contribution is 5.94. The largest absolute Gasteiger partial charge is 0.378 e. The van der Waals surface area contributed by atoms with Crippen LogP contribution in [0.5, 0.6) is 0 Å². The van der Waals surface area contributed by atoms with Gasteiger partial charge in [0.25, 0.3) is 12.3 Å². The van der Waals surface area contributed by atoms with E-state index in [1.165, 1.54) is 22.8 Å². The number of rotatable bonds is 6. The third-order valence-corrected chi connectivity index (χ3v) is 6.93. The summed E-state index contributed by atoms with van der Waals surface area (Å²) in [5.41, 5.74) is 1.24. The number of benzene rings is 2. The van der Waals surface area contributed by atoms with E-state index in [-0.39, 0.29) is 29.3 Å². The maximum absolute atomic E-state index is 14.1. The molecule has 1 N–H and O–H groups in total. The number of amides is 1. The van der Waals surface area contributed by atoms with Crippen molar-refractivity contribution < 1.29 is 22.7 Å². The summed E-state index contributed by atoms with van der Waals surface area (Å²) in [5, 5.41) is 3.30. The number of likely N-dealkylation sites (tertiary alicyclic amines) is 1. The van der Waals surface area contributed by atoms with Crippen LogP contribution < -0.4 is 10.2 Å². The highest BCUT2D eigenvalue weighted by Gasteiger charge is 2.29. The number of morpholine rings is 1. The SMILES string of the molecule is O=C(c1cccc(F)c1)N1CC[C@H](Nc2nc(N3CCOCC3)cc(-n3c(C(F)F)nc4ccccc43)n2)C1. The molecular formula is C27H26F3N7O2. The van der Waals surface area contributed by atoms with Crippen molar-refractivity contribution in [1.29, 1.82) is 0 Å². The van der Waals surface area contributed by atoms with Crippen LogP contribution in [0.25, 0.3) is 16.9 Å². The molecular weight excluding hydrogens is 511 g/mol. The first-order valence-corrected chi connectivity index (χ1v) is 12.8. The Kier molecular flexibility index (Phi) is 6.77. The van der Waals surface area contributed by atoms with Crippen molar-refractivity contribution in [2.24, 2.45) is 0 Å². The topological polar surface area (TPSA) is 88.4 Å². The van der Waals surface area contributed by atoms with Crippen LogP contribution >= 0.6 is 0 Å². The number of aromatic nitrogens is 4. The Labute approximate surface area is 222 Å². The molecule has 2 aromatic carbocycles. The van der Waals surface area contributed by atoms with Gasteiger partial charge in [0, 0.05) is 43.9 Å². The summed E-state index contributed by atoms with van der Waals surface area (Å²) in [6, 6.07) is 14.0. The minimum absolute atomic E-state index is 0.176. The summed E-state index contributed by atoms with van der Waals surface area (Å²) in [4.78, 5) is 30.0. The van der Waals surface area contributed by atoms with Gasteiger partial charge in [0.1, 0.15) is 17.5 Å². The molecule has 1 atom stereocenters. The van der Waals surface area contributed by atoms with E-state index in [0.29, 0.717) is 62.7 Å². The molecule has 2 saturated heterocycles. The van der Waals surface area contributed by atoms with Crippen LogP contribution in [0.1, 0.15) is 29.0 Å². The minimum Gasteiger partial charge on any atom is -0.378 e. The average Bonchev–Trinajstić information content (AvgIpc) is 3.58. The predicted octanol–water partition coefficient (Wildman–Crippen LogP) is 4.06. The normalized spacial score (nSPS) is 17.8. The lowest BCUT2D eigenvalue weighted by Crippen LogP contribution is -2.37. The molecule has 0 aliphatic carbocycles. The van der Waals surface area contributed by atoms with E-state index in [0.717, 1.165) is 0 Å². The van der Waals surface area contributed by atoms with Crippen molar-refractivity contribution in [1.82, 2.24) is 24.4 Å². The maximum Gasteiger partial charge on any atom is 0.296 e. The Morgan fingerprint density at radius 1 is 0.974 bits per heavy atom. The first-order chi connectivity index (χ1) is 19.0. The number of fused-ring (bicyclic) bond motifs is 1. The number of alkyl halides is 2. The first-order valence-electron chi connectivity index (χ1n) is 12.8. The smallest absolute Gasteiger partial charge is 0.296 e. The number of hydrogen-bond acceptors (Lipinski definition) is 7. The van der Waals surface area contributed by atoms with E-state index < -0.39 is 18.1 Å². The van der Waals surface area contributed by atoms with Crippen molar-refractivity contribution in [3.63, 3.8) is 0 Å². The molecule has 6 rings (SSSR count). The van der Waals surface area contributed by atoms with Gasteiger partial charge in [-0.25, -0.2) is 18.2 Å². The van der Waals surface area contributed by atoms with Crippen LogP contribution in [0.4, 0.5) is 24.9 Å². The van der Waals surface area contributed by atoms with Gasteiger partial charge in [0.05, 0.1) is 24.2 Å². The van der Waals surface area contributed by atoms with Crippen molar-refractivity contribution in [2.45, 2.75) is 18.9 Å². The Bertz CT molecular complexity index is 1510. The number of carbonyl (C=O) groups is 1. The molecule has 1 amide bonds. The zero-order valence-electron chi connectivity index (χ0n) is 20.9. The molecule has 39 heavy (non-hydrogen) atoms. The molecule has 4 aromatic rings. The van der Waals surface area contributed by atoms with Gasteiger partial charge < -0.3 is 19.9 Å². The van der Waals surface area contributed by atoms with Crippen molar-refractivity contribution in [2.75, 3.05) is 49.6 Å². The second-order valence-corrected chi connectivity index (χ2v) is 9.49. The van der Waals surface area contributed by atoms with E-state index >= 15 is 0 Å². The summed E-state index contributed by atoms with van der Waals surface area (Å²) in [5.74, 6) is -0.0172. The van der Waals surface area contributed by atoms with Gasteiger partial charge >= 0.3 is 0 Å². The second kappa shape index (κ2) is 10.5. The van der Waals surface area contributed by atoms with Crippen LogP contribution in [0, 0.1) is 5.82 Å². The molecule has 0 radical (unpaired) electrons. The van der Waals surface area contributed by atoms with Gasteiger partial charge in [-0.3, -0.25) is 9.36 Å². The van der Waals surface area contributed by atoms with Gasteiger partial charge in [-0.05, 0) is 36.8 Å². The summed E-state index contributed by atoms with van der Waals surface area (Å²) >= 11 is 0. The number of para-hydroxylation sites is 2. The van der Waals surface area contributed by atoms with Gasteiger partial charge in [-0.1, -0.05) is 18.2 Å². The Balaban J connectivity index is 1.32. The molecule has 2 aliphatic rings. The van der Waals surface area contributed by atoms with Gasteiger partial charge in [-0.2, -0.15) is 9.97 Å². The van der Waals surface area contributed by atoms with Crippen LogP contribution in [0.3, 0.4) is 0 Å². The molecule has 2 aromatic heterocycles. The fraction of sp³-hybridized carbons (Fsp3) is 0.333. The monoisotopic (exact) mass is 537 g/mol. The third kappa shape index (κ3) is 5.11. The lowest BCUT2D eigenvalue weighted by atomic mass is 10.2. The Morgan fingerprint density at radius 3 is 2.56 bits per heavy atom. The Hall–Kier alpha value is -4.19. The first kappa shape index (κ1) is 25.1. The van der Waals surface area contributed by atoms with Crippen LogP contribution in [0.2, 0.25) is 0 Å². The molecule has 2 aliphatic heterocycles. The van der Waals surface area contributed by atoms with Crippen molar-refractivity contribution in [3.8, 4) is 5.82 Å². The number of anilines is 2. The number of carbonyl (C=O) groups excluding carboxylic acids is 1. The lowest BCUT2D eigenvalue weighted by Gasteiger charge is -2.28. The highest BCUT2D eigenvalue weighted by Crippen LogP contribution is 2.29. The van der Waals surface area contributed by atoms with Crippen LogP contribution in [0.15, 0.2) is 54.6 Å². The zero-order chi connectivity index (χ0) is 26.9. The van der Waals surface area contributed by atoms with Crippen molar-refractivity contribution >= 4 is 28.7 Å². The third-order valence-electron chi connectivity index (χ3n) is 6.93. The Morgan fingerprint density at radius 2 is 1.77 bits per heavy atom. The van der Waals surface area contributed by atoms with Gasteiger partial charge in [0.2, 0.25) is 5.95 Å². The summed E-state index contributed by atoms with van der Waals surface area (Å²) in [7, 11) is 0. The summed E-state index contributed by atoms with van der Waals surface area (Å²) in [6.45, 7) is 3.09. The summed E-state index contributed by atoms with van der Waals surface area (Å²) in [6.07, 6.45) is -2.19. The molecule has 12 heteroatoms. The van der Waals surface area contributed by atoms with Crippen LogP contribution in [-0.2, 0) is 4.74 Å².